The summed E-state index contributed by atoms with van der Waals surface area (Å²) >= 11 is 0. The second kappa shape index (κ2) is 8.70. The molecule has 7 nitrogen and oxygen atoms in total. The Labute approximate surface area is 185 Å². The molecule has 32 heavy (non-hydrogen) atoms. The lowest BCUT2D eigenvalue weighted by atomic mass is 9.96. The van der Waals surface area contributed by atoms with Crippen LogP contribution in [0.1, 0.15) is 35.0 Å². The minimum absolute atomic E-state index is 0.0410. The molecule has 0 bridgehead atoms. The van der Waals surface area contributed by atoms with E-state index in [4.69, 9.17) is 13.7 Å². The Morgan fingerprint density at radius 1 is 1.19 bits per heavy atom. The average molecular weight is 429 g/mol. The predicted octanol–water partition coefficient (Wildman–Crippen LogP) is 5.07. The first-order valence-corrected chi connectivity index (χ1v) is 10.7. The molecule has 4 aromatic rings. The molecule has 1 saturated heterocycles. The Hall–Kier alpha value is -3.87. The van der Waals surface area contributed by atoms with E-state index in [1.807, 2.05) is 41.3 Å². The van der Waals surface area contributed by atoms with Gasteiger partial charge in [0.25, 0.3) is 5.91 Å². The number of hydrogen-bond acceptors (Lipinski definition) is 6. The highest BCUT2D eigenvalue weighted by molar-refractivity contribution is 5.99. The summed E-state index contributed by atoms with van der Waals surface area (Å²) in [5, 5.41) is 4.96. The third kappa shape index (κ3) is 3.89. The van der Waals surface area contributed by atoms with E-state index < -0.39 is 0 Å². The van der Waals surface area contributed by atoms with Crippen LogP contribution >= 0.6 is 0 Å². The number of aromatic nitrogens is 2. The molecule has 1 aliphatic heterocycles. The van der Waals surface area contributed by atoms with Crippen LogP contribution < -0.4 is 4.74 Å². The van der Waals surface area contributed by atoms with E-state index in [2.05, 4.69) is 16.7 Å². The number of ether oxygens (including phenoxy) is 1. The summed E-state index contributed by atoms with van der Waals surface area (Å²) in [5.74, 6) is 1.95. The molecule has 0 atom stereocenters. The Morgan fingerprint density at radius 3 is 2.78 bits per heavy atom. The quantitative estimate of drug-likeness (QED) is 0.398. The van der Waals surface area contributed by atoms with Gasteiger partial charge in [0.05, 0.1) is 11.6 Å². The first-order valence-electron chi connectivity index (χ1n) is 10.7. The van der Waals surface area contributed by atoms with Crippen LogP contribution in [0.25, 0.3) is 22.4 Å². The maximum absolute atomic E-state index is 13.2. The maximum Gasteiger partial charge on any atom is 0.254 e. The van der Waals surface area contributed by atoms with Gasteiger partial charge in [0.1, 0.15) is 17.9 Å². The number of likely N-dealkylation sites (tertiary alicyclic amines) is 1. The number of piperidine rings is 1. The monoisotopic (exact) mass is 429 g/mol. The molecule has 0 saturated carbocycles. The zero-order chi connectivity index (χ0) is 21.9. The molecule has 7 heteroatoms. The smallest absolute Gasteiger partial charge is 0.254 e. The minimum atomic E-state index is -0.0410. The normalized spacial score (nSPS) is 14.6. The first-order chi connectivity index (χ1) is 15.7. The predicted molar refractivity (Wildman–Crippen MR) is 120 cm³/mol. The van der Waals surface area contributed by atoms with E-state index in [1.54, 1.807) is 24.5 Å². The molecule has 5 rings (SSSR count). The summed E-state index contributed by atoms with van der Waals surface area (Å²) in [7, 11) is 0. The molecule has 0 radical (unpaired) electrons. The molecule has 2 aromatic carbocycles. The second-order valence-corrected chi connectivity index (χ2v) is 7.80. The van der Waals surface area contributed by atoms with Crippen molar-refractivity contribution in [3.8, 4) is 17.1 Å². The lowest BCUT2D eigenvalue weighted by Gasteiger charge is -2.30. The van der Waals surface area contributed by atoms with E-state index in [0.29, 0.717) is 48.3 Å². The molecule has 162 valence electrons. The van der Waals surface area contributed by atoms with Crippen LogP contribution in [0.2, 0.25) is 0 Å². The molecule has 0 spiro atoms. The minimum Gasteiger partial charge on any atom is -0.489 e. The van der Waals surface area contributed by atoms with Gasteiger partial charge in [-0.1, -0.05) is 48.1 Å². The topological polar surface area (TPSA) is 81.6 Å². The fraction of sp³-hybridized carbons (Fsp3) is 0.240. The number of carbonyl (C=O) groups is 1. The first kappa shape index (κ1) is 20.1. The van der Waals surface area contributed by atoms with Crippen molar-refractivity contribution in [2.24, 2.45) is 0 Å². The van der Waals surface area contributed by atoms with E-state index >= 15 is 0 Å². The molecule has 1 fully saturated rings. The molecule has 3 heterocycles. The van der Waals surface area contributed by atoms with Crippen molar-refractivity contribution >= 4 is 16.9 Å². The van der Waals surface area contributed by atoms with Crippen LogP contribution in [0.4, 0.5) is 0 Å². The highest BCUT2D eigenvalue weighted by atomic mass is 16.5. The van der Waals surface area contributed by atoms with Crippen molar-refractivity contribution in [3.63, 3.8) is 0 Å². The van der Waals surface area contributed by atoms with Crippen LogP contribution in [0, 0.1) is 0 Å². The van der Waals surface area contributed by atoms with Crippen LogP contribution in [0.5, 0.6) is 5.75 Å². The van der Waals surface area contributed by atoms with Crippen LogP contribution in [-0.4, -0.2) is 40.6 Å². The van der Waals surface area contributed by atoms with Gasteiger partial charge in [-0.3, -0.25) is 4.79 Å². The van der Waals surface area contributed by atoms with Crippen molar-refractivity contribution in [1.82, 2.24) is 15.0 Å². The van der Waals surface area contributed by atoms with E-state index in [-0.39, 0.29) is 11.8 Å². The van der Waals surface area contributed by atoms with Gasteiger partial charge in [0, 0.05) is 30.1 Å². The molecule has 0 aliphatic carbocycles. The number of benzene rings is 2. The van der Waals surface area contributed by atoms with Crippen molar-refractivity contribution in [3.05, 3.63) is 78.9 Å². The van der Waals surface area contributed by atoms with Crippen molar-refractivity contribution in [1.29, 1.82) is 0 Å². The summed E-state index contributed by atoms with van der Waals surface area (Å²) in [5.41, 5.74) is 2.11. The number of amides is 1. The Morgan fingerprint density at radius 2 is 2.00 bits per heavy atom. The highest BCUT2D eigenvalue weighted by Gasteiger charge is 2.28. The summed E-state index contributed by atoms with van der Waals surface area (Å²) in [6, 6.07) is 15.1. The molecular weight excluding hydrogens is 406 g/mol. The third-order valence-corrected chi connectivity index (χ3v) is 5.74. The van der Waals surface area contributed by atoms with Crippen LogP contribution in [0.15, 0.2) is 76.4 Å². The maximum atomic E-state index is 13.2. The Kier molecular flexibility index (Phi) is 5.46. The zero-order valence-electron chi connectivity index (χ0n) is 17.6. The third-order valence-electron chi connectivity index (χ3n) is 5.74. The van der Waals surface area contributed by atoms with Crippen molar-refractivity contribution < 1.29 is 18.5 Å². The van der Waals surface area contributed by atoms with Gasteiger partial charge in [-0.2, -0.15) is 4.98 Å². The summed E-state index contributed by atoms with van der Waals surface area (Å²) in [4.78, 5) is 19.6. The molecule has 1 aliphatic rings. The van der Waals surface area contributed by atoms with Gasteiger partial charge < -0.3 is 18.6 Å². The summed E-state index contributed by atoms with van der Waals surface area (Å²) in [6.45, 7) is 5.28. The molecule has 1 amide bonds. The van der Waals surface area contributed by atoms with Gasteiger partial charge in [0.15, 0.2) is 0 Å². The zero-order valence-corrected chi connectivity index (χ0v) is 17.6. The molecule has 2 aromatic heterocycles. The Bertz CT molecular complexity index is 1240. The van der Waals surface area contributed by atoms with E-state index in [9.17, 15) is 4.79 Å². The van der Waals surface area contributed by atoms with E-state index in [0.717, 1.165) is 23.8 Å². The van der Waals surface area contributed by atoms with Gasteiger partial charge in [0.2, 0.25) is 11.7 Å². The van der Waals surface area contributed by atoms with E-state index in [1.165, 1.54) is 0 Å². The van der Waals surface area contributed by atoms with Gasteiger partial charge in [-0.25, -0.2) is 0 Å². The molecule has 0 unspecified atom stereocenters. The number of fused-ring (bicyclic) bond motifs is 1. The molecular formula is C25H23N3O4. The largest absolute Gasteiger partial charge is 0.489 e. The Balaban J connectivity index is 1.28. The number of nitrogens with zero attached hydrogens (tertiary/aromatic N) is 3. The van der Waals surface area contributed by atoms with Gasteiger partial charge >= 0.3 is 0 Å². The fourth-order valence-electron chi connectivity index (χ4n) is 4.05. The van der Waals surface area contributed by atoms with Crippen molar-refractivity contribution in [2.45, 2.75) is 18.8 Å². The van der Waals surface area contributed by atoms with Gasteiger partial charge in [-0.05, 0) is 31.0 Å². The number of furan rings is 1. The van der Waals surface area contributed by atoms with Gasteiger partial charge in [-0.15, -0.1) is 0 Å². The molecule has 0 N–H and O–H groups in total. The number of rotatable bonds is 6. The van der Waals surface area contributed by atoms with Crippen LogP contribution in [-0.2, 0) is 0 Å². The van der Waals surface area contributed by atoms with Crippen LogP contribution in [0.3, 0.4) is 0 Å². The second-order valence-electron chi connectivity index (χ2n) is 7.80. The van der Waals surface area contributed by atoms with Crippen molar-refractivity contribution in [2.75, 3.05) is 19.7 Å². The lowest BCUT2D eigenvalue weighted by molar-refractivity contribution is 0.0704. The summed E-state index contributed by atoms with van der Waals surface area (Å²) in [6.07, 6.45) is 4.81. The summed E-state index contributed by atoms with van der Waals surface area (Å²) < 4.78 is 16.8. The fourth-order valence-corrected chi connectivity index (χ4v) is 4.05. The highest BCUT2D eigenvalue weighted by Crippen LogP contribution is 2.32. The SMILES string of the molecule is C=CCOc1cc(C(=O)N2CCC(c3nc(-c4ccccc4)no3)CC2)cc2occc12. The average Bonchev–Trinajstić information content (AvgIpc) is 3.53. The lowest BCUT2D eigenvalue weighted by Crippen LogP contribution is -2.38. The number of carbonyl (C=O) groups excluding carboxylic acids is 1. The standard InChI is InChI=1S/C25H23N3O4/c1-2-13-30-21-15-19(16-22-20(21)10-14-31-22)25(29)28-11-8-18(9-12-28)24-26-23(27-32-24)17-6-4-3-5-7-17/h2-7,10,14-16,18H,1,8-9,11-13H2. The number of hydrogen-bond donors (Lipinski definition) is 0.